The molecule has 0 aliphatic heterocycles. The van der Waals surface area contributed by atoms with Gasteiger partial charge in [0.25, 0.3) is 0 Å². The van der Waals surface area contributed by atoms with Gasteiger partial charge in [0.1, 0.15) is 5.69 Å². The topological polar surface area (TPSA) is 30.0 Å². The van der Waals surface area contributed by atoms with Crippen molar-refractivity contribution in [3.63, 3.8) is 0 Å². The summed E-state index contributed by atoms with van der Waals surface area (Å²) >= 11 is 0. The highest BCUT2D eigenvalue weighted by atomic mass is 16.1. The standard InChI is InChI=1S/C7H6NO/c1-6(9)7-4-2-3-5-8-7/h2,4-5H,1H3. The van der Waals surface area contributed by atoms with E-state index in [9.17, 15) is 4.79 Å². The van der Waals surface area contributed by atoms with Crippen molar-refractivity contribution in [3.05, 3.63) is 30.1 Å². The first-order valence-electron chi connectivity index (χ1n) is 2.64. The monoisotopic (exact) mass is 120 g/mol. The molecule has 0 saturated heterocycles. The third kappa shape index (κ3) is 1.35. The Morgan fingerprint density at radius 3 is 2.89 bits per heavy atom. The van der Waals surface area contributed by atoms with Gasteiger partial charge in [0.05, 0.1) is 0 Å². The van der Waals surface area contributed by atoms with Crippen molar-refractivity contribution in [2.75, 3.05) is 0 Å². The molecule has 0 unspecified atom stereocenters. The van der Waals surface area contributed by atoms with Crippen LogP contribution in [0.2, 0.25) is 0 Å². The van der Waals surface area contributed by atoms with Crippen LogP contribution in [0.4, 0.5) is 0 Å². The summed E-state index contributed by atoms with van der Waals surface area (Å²) in [5.74, 6) is -0.0102. The third-order valence-corrected chi connectivity index (χ3v) is 0.976. The van der Waals surface area contributed by atoms with Crippen LogP contribution in [0.3, 0.4) is 0 Å². The van der Waals surface area contributed by atoms with E-state index in [1.807, 2.05) is 0 Å². The lowest BCUT2D eigenvalue weighted by atomic mass is 10.3. The van der Waals surface area contributed by atoms with Crippen LogP contribution < -0.4 is 0 Å². The maximum atomic E-state index is 10.6. The fourth-order valence-corrected chi connectivity index (χ4v) is 0.528. The van der Waals surface area contributed by atoms with Gasteiger partial charge in [0.15, 0.2) is 5.78 Å². The SMILES string of the molecule is CC(=O)c1cc[c]cn1. The molecule has 0 spiro atoms. The number of carbonyl (C=O) groups excluding carboxylic acids is 1. The minimum atomic E-state index is -0.0102. The zero-order valence-electron chi connectivity index (χ0n) is 5.09. The van der Waals surface area contributed by atoms with E-state index in [-0.39, 0.29) is 5.78 Å². The molecule has 0 atom stereocenters. The van der Waals surface area contributed by atoms with Crippen LogP contribution in [0.15, 0.2) is 18.3 Å². The second kappa shape index (κ2) is 2.40. The van der Waals surface area contributed by atoms with Crippen molar-refractivity contribution in [3.8, 4) is 0 Å². The second-order valence-electron chi connectivity index (χ2n) is 1.70. The maximum absolute atomic E-state index is 10.6. The highest BCUT2D eigenvalue weighted by molar-refractivity contribution is 5.91. The zero-order valence-corrected chi connectivity index (χ0v) is 5.09. The lowest BCUT2D eigenvalue weighted by molar-refractivity contribution is 0.101. The van der Waals surface area contributed by atoms with Crippen LogP contribution in [0.5, 0.6) is 0 Å². The third-order valence-electron chi connectivity index (χ3n) is 0.976. The Balaban J connectivity index is 2.98. The molecule has 2 nitrogen and oxygen atoms in total. The molecule has 0 fully saturated rings. The summed E-state index contributed by atoms with van der Waals surface area (Å²) in [6.07, 6.45) is 1.48. The molecule has 9 heavy (non-hydrogen) atoms. The van der Waals surface area contributed by atoms with Gasteiger partial charge in [-0.15, -0.1) is 0 Å². The minimum absolute atomic E-state index is 0.0102. The number of nitrogens with zero attached hydrogens (tertiary/aromatic N) is 1. The summed E-state index contributed by atoms with van der Waals surface area (Å²) in [5, 5.41) is 0. The van der Waals surface area contributed by atoms with E-state index in [1.165, 1.54) is 13.1 Å². The largest absolute Gasteiger partial charge is 0.293 e. The van der Waals surface area contributed by atoms with Crippen LogP contribution in [-0.4, -0.2) is 10.8 Å². The lowest BCUT2D eigenvalue weighted by Gasteiger charge is -1.88. The molecular weight excluding hydrogens is 114 g/mol. The molecule has 0 aliphatic carbocycles. The van der Waals surface area contributed by atoms with E-state index in [0.29, 0.717) is 5.69 Å². The van der Waals surface area contributed by atoms with Crippen molar-refractivity contribution < 1.29 is 4.79 Å². The first-order valence-corrected chi connectivity index (χ1v) is 2.64. The molecule has 1 rings (SSSR count). The van der Waals surface area contributed by atoms with E-state index in [0.717, 1.165) is 0 Å². The molecule has 1 radical (unpaired) electrons. The molecule has 1 aromatic heterocycles. The first kappa shape index (κ1) is 5.95. The Morgan fingerprint density at radius 2 is 2.56 bits per heavy atom. The molecule has 2 heteroatoms. The Morgan fingerprint density at radius 1 is 1.78 bits per heavy atom. The Labute approximate surface area is 53.5 Å². The van der Waals surface area contributed by atoms with Crippen LogP contribution in [0.25, 0.3) is 0 Å². The number of hydrogen-bond acceptors (Lipinski definition) is 2. The van der Waals surface area contributed by atoms with Crippen LogP contribution in [0.1, 0.15) is 17.4 Å². The predicted octanol–water partition coefficient (Wildman–Crippen LogP) is 1.08. The average molecular weight is 120 g/mol. The van der Waals surface area contributed by atoms with E-state index in [1.54, 1.807) is 12.1 Å². The molecule has 0 N–H and O–H groups in total. The molecule has 0 aliphatic rings. The number of carbonyl (C=O) groups is 1. The summed E-state index contributed by atoms with van der Waals surface area (Å²) in [5.41, 5.74) is 0.494. The summed E-state index contributed by atoms with van der Waals surface area (Å²) in [6.45, 7) is 1.49. The fourth-order valence-electron chi connectivity index (χ4n) is 0.528. The fraction of sp³-hybridized carbons (Fsp3) is 0.143. The smallest absolute Gasteiger partial charge is 0.178 e. The molecule has 0 aromatic carbocycles. The quantitative estimate of drug-likeness (QED) is 0.519. The summed E-state index contributed by atoms with van der Waals surface area (Å²) < 4.78 is 0. The average Bonchev–Trinajstić information content (AvgIpc) is 1.90. The van der Waals surface area contributed by atoms with E-state index in [2.05, 4.69) is 11.1 Å². The number of ketones is 1. The van der Waals surface area contributed by atoms with E-state index < -0.39 is 0 Å². The summed E-state index contributed by atoms with van der Waals surface area (Å²) in [6, 6.07) is 6.04. The van der Waals surface area contributed by atoms with Gasteiger partial charge in [-0.25, -0.2) is 0 Å². The second-order valence-corrected chi connectivity index (χ2v) is 1.70. The van der Waals surface area contributed by atoms with Crippen molar-refractivity contribution in [1.82, 2.24) is 4.98 Å². The molecule has 0 bridgehead atoms. The van der Waals surface area contributed by atoms with Crippen molar-refractivity contribution >= 4 is 5.78 Å². The predicted molar refractivity (Wildman–Crippen MR) is 33.1 cm³/mol. The van der Waals surface area contributed by atoms with Crippen LogP contribution in [0, 0.1) is 6.07 Å². The Hall–Kier alpha value is -1.18. The maximum Gasteiger partial charge on any atom is 0.178 e. The Bertz CT molecular complexity index is 205. The van der Waals surface area contributed by atoms with Gasteiger partial charge in [0, 0.05) is 19.2 Å². The van der Waals surface area contributed by atoms with Gasteiger partial charge < -0.3 is 0 Å². The van der Waals surface area contributed by atoms with Crippen LogP contribution >= 0.6 is 0 Å². The number of hydrogen-bond donors (Lipinski definition) is 0. The number of aromatic nitrogens is 1. The number of rotatable bonds is 1. The summed E-state index contributed by atoms with van der Waals surface area (Å²) in [4.78, 5) is 14.3. The van der Waals surface area contributed by atoms with E-state index in [4.69, 9.17) is 0 Å². The minimum Gasteiger partial charge on any atom is -0.293 e. The molecule has 1 aromatic rings. The molecule has 45 valence electrons. The molecule has 1 heterocycles. The van der Waals surface area contributed by atoms with Crippen molar-refractivity contribution in [1.29, 1.82) is 0 Å². The molecule has 0 saturated carbocycles. The lowest BCUT2D eigenvalue weighted by Crippen LogP contribution is -1.93. The molecule has 0 amide bonds. The normalized spacial score (nSPS) is 9.00. The van der Waals surface area contributed by atoms with Crippen molar-refractivity contribution in [2.45, 2.75) is 6.92 Å². The van der Waals surface area contributed by atoms with Gasteiger partial charge in [-0.05, 0) is 6.07 Å². The van der Waals surface area contributed by atoms with Gasteiger partial charge in [0.2, 0.25) is 0 Å². The van der Waals surface area contributed by atoms with Crippen molar-refractivity contribution in [2.24, 2.45) is 0 Å². The summed E-state index contributed by atoms with van der Waals surface area (Å²) in [7, 11) is 0. The zero-order chi connectivity index (χ0) is 6.69. The van der Waals surface area contributed by atoms with Crippen LogP contribution in [-0.2, 0) is 0 Å². The number of Topliss-reactive ketones (excluding diaryl/α,β-unsaturated/α-hetero) is 1. The van der Waals surface area contributed by atoms with E-state index >= 15 is 0 Å². The highest BCUT2D eigenvalue weighted by Crippen LogP contribution is 1.91. The van der Waals surface area contributed by atoms with Gasteiger partial charge >= 0.3 is 0 Å². The van der Waals surface area contributed by atoms with Gasteiger partial charge in [-0.1, -0.05) is 6.07 Å². The Kier molecular flexibility index (Phi) is 1.58. The first-order chi connectivity index (χ1) is 4.30. The molecular formula is C7H6NO. The number of pyridine rings is 1. The van der Waals surface area contributed by atoms with Gasteiger partial charge in [-0.2, -0.15) is 0 Å². The van der Waals surface area contributed by atoms with Gasteiger partial charge in [-0.3, -0.25) is 9.78 Å². The highest BCUT2D eigenvalue weighted by Gasteiger charge is 1.95.